The number of amides is 2. The van der Waals surface area contributed by atoms with E-state index in [-0.39, 0.29) is 23.3 Å². The van der Waals surface area contributed by atoms with Crippen molar-refractivity contribution in [2.45, 2.75) is 52.0 Å². The van der Waals surface area contributed by atoms with Gasteiger partial charge < -0.3 is 0 Å². The predicted octanol–water partition coefficient (Wildman–Crippen LogP) is 3.33. The highest BCUT2D eigenvalue weighted by molar-refractivity contribution is 7.12. The first-order valence-corrected chi connectivity index (χ1v) is 8.86. The van der Waals surface area contributed by atoms with Gasteiger partial charge in [-0.05, 0) is 45.9 Å². The van der Waals surface area contributed by atoms with E-state index in [9.17, 15) is 9.59 Å². The van der Waals surface area contributed by atoms with Gasteiger partial charge in [-0.15, -0.1) is 11.3 Å². The van der Waals surface area contributed by atoms with Crippen LogP contribution in [0.15, 0.2) is 12.1 Å². The van der Waals surface area contributed by atoms with E-state index in [0.29, 0.717) is 13.1 Å². The van der Waals surface area contributed by atoms with Crippen LogP contribution < -0.4 is 0 Å². The second kappa shape index (κ2) is 5.78. The lowest BCUT2D eigenvalue weighted by Gasteiger charge is -2.29. The van der Waals surface area contributed by atoms with E-state index in [2.05, 4.69) is 30.9 Å². The van der Waals surface area contributed by atoms with E-state index in [4.69, 9.17) is 0 Å². The summed E-state index contributed by atoms with van der Waals surface area (Å²) in [5.74, 6) is 0.0738. The summed E-state index contributed by atoms with van der Waals surface area (Å²) in [5, 5.41) is 0. The second-order valence-electron chi connectivity index (χ2n) is 6.81. The molecule has 1 saturated heterocycles. The van der Waals surface area contributed by atoms with Gasteiger partial charge in [-0.3, -0.25) is 19.4 Å². The van der Waals surface area contributed by atoms with Crippen molar-refractivity contribution < 1.29 is 9.59 Å². The van der Waals surface area contributed by atoms with Crippen molar-refractivity contribution >= 4 is 23.2 Å². The normalized spacial score (nSPS) is 22.3. The van der Waals surface area contributed by atoms with Crippen LogP contribution in [0.4, 0.5) is 0 Å². The fourth-order valence-corrected chi connectivity index (χ4v) is 4.68. The van der Waals surface area contributed by atoms with Crippen LogP contribution in [-0.4, -0.2) is 35.3 Å². The summed E-state index contributed by atoms with van der Waals surface area (Å²) >= 11 is 1.77. The molecule has 2 heterocycles. The first kappa shape index (κ1) is 15.7. The summed E-state index contributed by atoms with van der Waals surface area (Å²) in [6.45, 7) is 4.62. The number of carbonyl (C=O) groups is 2. The molecule has 2 fully saturated rings. The first-order chi connectivity index (χ1) is 10.4. The Hall–Kier alpha value is -1.20. The number of imide groups is 1. The summed E-state index contributed by atoms with van der Waals surface area (Å²) < 4.78 is 0. The average molecular weight is 320 g/mol. The van der Waals surface area contributed by atoms with Crippen LogP contribution in [0.1, 0.15) is 54.8 Å². The van der Waals surface area contributed by atoms with E-state index in [0.717, 1.165) is 25.7 Å². The van der Waals surface area contributed by atoms with Crippen molar-refractivity contribution in [3.05, 3.63) is 21.9 Å². The van der Waals surface area contributed by atoms with Gasteiger partial charge in [0.05, 0.1) is 12.1 Å². The molecule has 2 amide bonds. The number of likely N-dealkylation sites (tertiary alicyclic amines) is 1. The standard InChI is InChI=1S/C17H24N2O2S/c1-12-6-7-14(22-12)13(2)18(3)11-19-15(20)10-17(16(19)21)8-4-5-9-17/h6-7,13H,4-5,8-11H2,1-3H3/t13-/m1/s1. The summed E-state index contributed by atoms with van der Waals surface area (Å²) in [5.41, 5.74) is -0.360. The molecule has 0 unspecified atom stereocenters. The van der Waals surface area contributed by atoms with E-state index < -0.39 is 0 Å². The number of hydrogen-bond donors (Lipinski definition) is 0. The predicted molar refractivity (Wildman–Crippen MR) is 87.5 cm³/mol. The molecule has 0 N–H and O–H groups in total. The van der Waals surface area contributed by atoms with Crippen molar-refractivity contribution in [1.82, 2.24) is 9.80 Å². The summed E-state index contributed by atoms with van der Waals surface area (Å²) in [6.07, 6.45) is 4.35. The number of hydrogen-bond acceptors (Lipinski definition) is 4. The molecule has 1 aromatic heterocycles. The molecular weight excluding hydrogens is 296 g/mol. The monoisotopic (exact) mass is 320 g/mol. The van der Waals surface area contributed by atoms with Crippen LogP contribution in [0.5, 0.6) is 0 Å². The molecule has 0 radical (unpaired) electrons. The summed E-state index contributed by atoms with van der Waals surface area (Å²) in [6, 6.07) is 4.46. The van der Waals surface area contributed by atoms with Crippen LogP contribution in [0.2, 0.25) is 0 Å². The van der Waals surface area contributed by atoms with E-state index in [1.165, 1.54) is 14.7 Å². The smallest absolute Gasteiger partial charge is 0.237 e. The molecular formula is C17H24N2O2S. The zero-order valence-corrected chi connectivity index (χ0v) is 14.4. The Morgan fingerprint density at radius 2 is 2.00 bits per heavy atom. The molecule has 0 aromatic carbocycles. The maximum Gasteiger partial charge on any atom is 0.237 e. The molecule has 5 heteroatoms. The molecule has 4 nitrogen and oxygen atoms in total. The number of thiophene rings is 1. The number of rotatable bonds is 4. The molecule has 2 aliphatic rings. The molecule has 1 aliphatic carbocycles. The van der Waals surface area contributed by atoms with Gasteiger partial charge in [-0.2, -0.15) is 0 Å². The van der Waals surface area contributed by atoms with Gasteiger partial charge in [0.2, 0.25) is 11.8 Å². The average Bonchev–Trinajstić information content (AvgIpc) is 3.16. The highest BCUT2D eigenvalue weighted by atomic mass is 32.1. The Morgan fingerprint density at radius 3 is 2.59 bits per heavy atom. The number of aryl methyl sites for hydroxylation is 1. The van der Waals surface area contributed by atoms with E-state index >= 15 is 0 Å². The molecule has 1 aliphatic heterocycles. The summed E-state index contributed by atoms with van der Waals surface area (Å²) in [7, 11) is 1.99. The largest absolute Gasteiger partial charge is 0.281 e. The Bertz CT molecular complexity index is 589. The highest BCUT2D eigenvalue weighted by Gasteiger charge is 2.52. The van der Waals surface area contributed by atoms with E-state index in [1.807, 2.05) is 7.05 Å². The third-order valence-electron chi connectivity index (χ3n) is 5.25. The van der Waals surface area contributed by atoms with E-state index in [1.54, 1.807) is 11.3 Å². The van der Waals surface area contributed by atoms with Gasteiger partial charge in [0, 0.05) is 22.2 Å². The van der Waals surface area contributed by atoms with Crippen LogP contribution in [-0.2, 0) is 9.59 Å². The zero-order chi connectivity index (χ0) is 15.9. The molecule has 3 rings (SSSR count). The maximum absolute atomic E-state index is 12.7. The van der Waals surface area contributed by atoms with Gasteiger partial charge in [0.1, 0.15) is 0 Å². The topological polar surface area (TPSA) is 40.6 Å². The van der Waals surface area contributed by atoms with Crippen LogP contribution >= 0.6 is 11.3 Å². The summed E-state index contributed by atoms with van der Waals surface area (Å²) in [4.78, 5) is 31.2. The maximum atomic E-state index is 12.7. The fraction of sp³-hybridized carbons (Fsp3) is 0.647. The third kappa shape index (κ3) is 2.61. The van der Waals surface area contributed by atoms with Gasteiger partial charge in [-0.1, -0.05) is 12.8 Å². The fourth-order valence-electron chi connectivity index (χ4n) is 3.69. The highest BCUT2D eigenvalue weighted by Crippen LogP contribution is 2.47. The van der Waals surface area contributed by atoms with Crippen molar-refractivity contribution in [2.75, 3.05) is 13.7 Å². The lowest BCUT2D eigenvalue weighted by atomic mass is 9.85. The Balaban J connectivity index is 1.70. The molecule has 1 atom stereocenters. The van der Waals surface area contributed by atoms with Crippen molar-refractivity contribution in [2.24, 2.45) is 5.41 Å². The SMILES string of the molecule is Cc1ccc([C@@H](C)N(C)CN2C(=O)CC3(CCCC3)C2=O)s1. The lowest BCUT2D eigenvalue weighted by Crippen LogP contribution is -2.42. The minimum Gasteiger partial charge on any atom is -0.281 e. The number of carbonyl (C=O) groups excluding carboxylic acids is 2. The van der Waals surface area contributed by atoms with Crippen molar-refractivity contribution in [3.63, 3.8) is 0 Å². The van der Waals surface area contributed by atoms with Crippen LogP contribution in [0, 0.1) is 12.3 Å². The van der Waals surface area contributed by atoms with Crippen LogP contribution in [0.25, 0.3) is 0 Å². The zero-order valence-electron chi connectivity index (χ0n) is 13.6. The first-order valence-electron chi connectivity index (χ1n) is 8.04. The Labute approximate surface area is 136 Å². The molecule has 1 spiro atoms. The van der Waals surface area contributed by atoms with Crippen molar-refractivity contribution in [3.8, 4) is 0 Å². The minimum atomic E-state index is -0.360. The van der Waals surface area contributed by atoms with Gasteiger partial charge in [0.15, 0.2) is 0 Å². The third-order valence-corrected chi connectivity index (χ3v) is 6.42. The second-order valence-corrected chi connectivity index (χ2v) is 8.13. The Morgan fingerprint density at radius 1 is 1.32 bits per heavy atom. The number of nitrogens with zero attached hydrogens (tertiary/aromatic N) is 2. The Kier molecular flexibility index (Phi) is 4.12. The molecule has 1 aromatic rings. The van der Waals surface area contributed by atoms with Gasteiger partial charge in [0.25, 0.3) is 0 Å². The van der Waals surface area contributed by atoms with Crippen LogP contribution in [0.3, 0.4) is 0 Å². The molecule has 120 valence electrons. The molecule has 0 bridgehead atoms. The van der Waals surface area contributed by atoms with Crippen molar-refractivity contribution in [1.29, 1.82) is 0 Å². The van der Waals surface area contributed by atoms with Gasteiger partial charge in [-0.25, -0.2) is 0 Å². The minimum absolute atomic E-state index is 0.00769. The quantitative estimate of drug-likeness (QED) is 0.799. The molecule has 22 heavy (non-hydrogen) atoms. The van der Waals surface area contributed by atoms with Gasteiger partial charge >= 0.3 is 0 Å². The lowest BCUT2D eigenvalue weighted by molar-refractivity contribution is -0.144. The molecule has 1 saturated carbocycles.